The molecule has 0 aliphatic carbocycles. The number of rotatable bonds is 4. The predicted octanol–water partition coefficient (Wildman–Crippen LogP) is 2.10. The van der Waals surface area contributed by atoms with Gasteiger partial charge in [-0.05, 0) is 37.1 Å². The standard InChI is InChI=1S/C17H22N4O2/c1-2-6-20(15(3-1)11-21-13-18-12-19-21)10-14-4-5-16-17(9-14)23-8-7-22-16/h4-5,9,12-13,15H,1-3,6-8,10-11H2. The molecule has 6 nitrogen and oxygen atoms in total. The van der Waals surface area contributed by atoms with Crippen LogP contribution in [0.15, 0.2) is 30.9 Å². The van der Waals surface area contributed by atoms with E-state index in [-0.39, 0.29) is 0 Å². The van der Waals surface area contributed by atoms with Gasteiger partial charge in [-0.25, -0.2) is 4.98 Å². The van der Waals surface area contributed by atoms with Crippen molar-refractivity contribution in [2.24, 2.45) is 0 Å². The van der Waals surface area contributed by atoms with Gasteiger partial charge in [-0.15, -0.1) is 0 Å². The Morgan fingerprint density at radius 1 is 1.13 bits per heavy atom. The average Bonchev–Trinajstić information content (AvgIpc) is 3.10. The Morgan fingerprint density at radius 2 is 2.04 bits per heavy atom. The van der Waals surface area contributed by atoms with Crippen LogP contribution in [0.5, 0.6) is 11.5 Å². The van der Waals surface area contributed by atoms with Gasteiger partial charge in [0.05, 0.1) is 6.54 Å². The Kier molecular flexibility index (Phi) is 4.15. The molecule has 0 N–H and O–H groups in total. The summed E-state index contributed by atoms with van der Waals surface area (Å²) in [7, 11) is 0. The monoisotopic (exact) mass is 314 g/mol. The number of hydrogen-bond donors (Lipinski definition) is 0. The summed E-state index contributed by atoms with van der Waals surface area (Å²) >= 11 is 0. The van der Waals surface area contributed by atoms with E-state index in [1.807, 2.05) is 10.7 Å². The van der Waals surface area contributed by atoms with Gasteiger partial charge in [0.1, 0.15) is 25.9 Å². The summed E-state index contributed by atoms with van der Waals surface area (Å²) in [6, 6.07) is 6.81. The molecule has 1 saturated heterocycles. The van der Waals surface area contributed by atoms with Crippen molar-refractivity contribution in [3.05, 3.63) is 36.4 Å². The third kappa shape index (κ3) is 3.32. The summed E-state index contributed by atoms with van der Waals surface area (Å²) in [5, 5.41) is 4.25. The maximum Gasteiger partial charge on any atom is 0.161 e. The van der Waals surface area contributed by atoms with Gasteiger partial charge in [-0.3, -0.25) is 9.58 Å². The van der Waals surface area contributed by atoms with E-state index in [2.05, 4.69) is 27.1 Å². The lowest BCUT2D eigenvalue weighted by Crippen LogP contribution is -2.41. The van der Waals surface area contributed by atoms with Crippen LogP contribution in [0.3, 0.4) is 0 Å². The molecule has 122 valence electrons. The minimum atomic E-state index is 0.513. The number of likely N-dealkylation sites (tertiary alicyclic amines) is 1. The minimum absolute atomic E-state index is 0.513. The fraction of sp³-hybridized carbons (Fsp3) is 0.529. The van der Waals surface area contributed by atoms with Gasteiger partial charge in [0.2, 0.25) is 0 Å². The highest BCUT2D eigenvalue weighted by Crippen LogP contribution is 2.31. The van der Waals surface area contributed by atoms with Gasteiger partial charge < -0.3 is 9.47 Å². The molecule has 0 saturated carbocycles. The molecule has 23 heavy (non-hydrogen) atoms. The number of piperidine rings is 1. The lowest BCUT2D eigenvalue weighted by molar-refractivity contribution is 0.121. The van der Waals surface area contributed by atoms with Crippen molar-refractivity contribution < 1.29 is 9.47 Å². The van der Waals surface area contributed by atoms with Gasteiger partial charge in [0.25, 0.3) is 0 Å². The number of benzene rings is 1. The maximum atomic E-state index is 5.70. The zero-order valence-corrected chi connectivity index (χ0v) is 13.2. The summed E-state index contributed by atoms with van der Waals surface area (Å²) in [6.45, 7) is 4.25. The largest absolute Gasteiger partial charge is 0.486 e. The van der Waals surface area contributed by atoms with E-state index in [4.69, 9.17) is 9.47 Å². The smallest absolute Gasteiger partial charge is 0.161 e. The van der Waals surface area contributed by atoms with E-state index < -0.39 is 0 Å². The van der Waals surface area contributed by atoms with Crippen LogP contribution in [-0.4, -0.2) is 45.5 Å². The Labute approximate surface area is 136 Å². The SMILES string of the molecule is c1ncn(CC2CCCCN2Cc2ccc3c(c2)OCCO3)n1. The fourth-order valence-electron chi connectivity index (χ4n) is 3.44. The van der Waals surface area contributed by atoms with Crippen LogP contribution < -0.4 is 9.47 Å². The van der Waals surface area contributed by atoms with Crippen molar-refractivity contribution in [1.29, 1.82) is 0 Å². The van der Waals surface area contributed by atoms with E-state index >= 15 is 0 Å². The van der Waals surface area contributed by atoms with E-state index in [1.54, 1.807) is 12.7 Å². The molecule has 4 rings (SSSR count). The summed E-state index contributed by atoms with van der Waals surface area (Å²) < 4.78 is 13.2. The third-order valence-corrected chi connectivity index (χ3v) is 4.61. The Balaban J connectivity index is 1.47. The molecule has 0 amide bonds. The molecule has 1 aromatic carbocycles. The lowest BCUT2D eigenvalue weighted by atomic mass is 10.0. The zero-order chi connectivity index (χ0) is 15.5. The predicted molar refractivity (Wildman–Crippen MR) is 85.5 cm³/mol. The van der Waals surface area contributed by atoms with Gasteiger partial charge in [0, 0.05) is 12.6 Å². The quantitative estimate of drug-likeness (QED) is 0.865. The molecule has 2 aliphatic rings. The van der Waals surface area contributed by atoms with E-state index in [9.17, 15) is 0 Å². The van der Waals surface area contributed by atoms with Crippen molar-refractivity contribution in [1.82, 2.24) is 19.7 Å². The molecule has 0 spiro atoms. The summed E-state index contributed by atoms with van der Waals surface area (Å²) in [5.41, 5.74) is 1.28. The van der Waals surface area contributed by atoms with Gasteiger partial charge in [0.15, 0.2) is 11.5 Å². The maximum absolute atomic E-state index is 5.70. The first kappa shape index (κ1) is 14.5. The first-order chi connectivity index (χ1) is 11.4. The topological polar surface area (TPSA) is 52.4 Å². The second-order valence-electron chi connectivity index (χ2n) is 6.22. The Hall–Kier alpha value is -2.08. The molecule has 2 aromatic rings. The van der Waals surface area contributed by atoms with Crippen molar-refractivity contribution in [2.75, 3.05) is 19.8 Å². The van der Waals surface area contributed by atoms with Crippen molar-refractivity contribution in [3.8, 4) is 11.5 Å². The Morgan fingerprint density at radius 3 is 2.91 bits per heavy atom. The lowest BCUT2D eigenvalue weighted by Gasteiger charge is -2.35. The minimum Gasteiger partial charge on any atom is -0.486 e. The molecule has 1 fully saturated rings. The number of fused-ring (bicyclic) bond motifs is 1. The van der Waals surface area contributed by atoms with E-state index in [1.165, 1.54) is 24.8 Å². The zero-order valence-electron chi connectivity index (χ0n) is 13.2. The van der Waals surface area contributed by atoms with Gasteiger partial charge in [-0.1, -0.05) is 12.5 Å². The van der Waals surface area contributed by atoms with Crippen LogP contribution in [0.1, 0.15) is 24.8 Å². The normalized spacial score (nSPS) is 21.3. The summed E-state index contributed by atoms with van der Waals surface area (Å²) in [5.74, 6) is 1.73. The third-order valence-electron chi connectivity index (χ3n) is 4.61. The Bertz CT molecular complexity index is 644. The fourth-order valence-corrected chi connectivity index (χ4v) is 3.44. The summed E-state index contributed by atoms with van der Waals surface area (Å²) in [4.78, 5) is 6.60. The van der Waals surface area contributed by atoms with Gasteiger partial charge >= 0.3 is 0 Å². The summed E-state index contributed by atoms with van der Waals surface area (Å²) in [6.07, 6.45) is 7.17. The van der Waals surface area contributed by atoms with E-state index in [0.717, 1.165) is 31.1 Å². The molecule has 1 aromatic heterocycles. The van der Waals surface area contributed by atoms with Crippen LogP contribution in [-0.2, 0) is 13.1 Å². The molecular weight excluding hydrogens is 292 g/mol. The molecule has 3 heterocycles. The van der Waals surface area contributed by atoms with Crippen LogP contribution in [0, 0.1) is 0 Å². The highest BCUT2D eigenvalue weighted by molar-refractivity contribution is 5.43. The van der Waals surface area contributed by atoms with Crippen molar-refractivity contribution >= 4 is 0 Å². The van der Waals surface area contributed by atoms with Crippen molar-refractivity contribution in [3.63, 3.8) is 0 Å². The first-order valence-corrected chi connectivity index (χ1v) is 8.33. The number of nitrogens with zero attached hydrogens (tertiary/aromatic N) is 4. The molecule has 1 atom stereocenters. The molecule has 6 heteroatoms. The number of hydrogen-bond acceptors (Lipinski definition) is 5. The highest BCUT2D eigenvalue weighted by atomic mass is 16.6. The average molecular weight is 314 g/mol. The van der Waals surface area contributed by atoms with Crippen LogP contribution in [0.25, 0.3) is 0 Å². The second-order valence-corrected chi connectivity index (χ2v) is 6.22. The van der Waals surface area contributed by atoms with Crippen LogP contribution in [0.4, 0.5) is 0 Å². The second kappa shape index (κ2) is 6.58. The first-order valence-electron chi connectivity index (χ1n) is 8.33. The van der Waals surface area contributed by atoms with Gasteiger partial charge in [-0.2, -0.15) is 5.10 Å². The molecule has 0 radical (unpaired) electrons. The van der Waals surface area contributed by atoms with E-state index in [0.29, 0.717) is 19.3 Å². The molecule has 0 bridgehead atoms. The number of aromatic nitrogens is 3. The molecule has 2 aliphatic heterocycles. The van der Waals surface area contributed by atoms with Crippen LogP contribution >= 0.6 is 0 Å². The molecular formula is C17H22N4O2. The van der Waals surface area contributed by atoms with Crippen LogP contribution in [0.2, 0.25) is 0 Å². The van der Waals surface area contributed by atoms with Crippen molar-refractivity contribution in [2.45, 2.75) is 38.4 Å². The molecule has 1 unspecified atom stereocenters. The highest BCUT2D eigenvalue weighted by Gasteiger charge is 2.23. The number of ether oxygens (including phenoxy) is 2.